The maximum absolute atomic E-state index is 13.4. The number of hydrogen-bond acceptors (Lipinski definition) is 4. The van der Waals surface area contributed by atoms with Crippen molar-refractivity contribution < 1.29 is 9.32 Å². The van der Waals surface area contributed by atoms with Crippen LogP contribution >= 0.6 is 0 Å². The molecule has 2 fully saturated rings. The molecule has 5 nitrogen and oxygen atoms in total. The highest BCUT2D eigenvalue weighted by atomic mass is 16.5. The third-order valence-electron chi connectivity index (χ3n) is 6.48. The van der Waals surface area contributed by atoms with Crippen LogP contribution in [0.1, 0.15) is 33.7 Å². The zero-order valence-electron chi connectivity index (χ0n) is 17.5. The SMILES string of the molecule is Cc1cccc(CN2CC[C@H]3[C@@H](C2)CN3C(=O)c2c(-c3ccccc3)noc2C)c1. The van der Waals surface area contributed by atoms with E-state index in [-0.39, 0.29) is 5.91 Å². The van der Waals surface area contributed by atoms with Gasteiger partial charge in [0.2, 0.25) is 0 Å². The summed E-state index contributed by atoms with van der Waals surface area (Å²) in [6, 6.07) is 18.9. The Morgan fingerprint density at radius 2 is 1.93 bits per heavy atom. The van der Waals surface area contributed by atoms with Gasteiger partial charge in [0.25, 0.3) is 5.91 Å². The van der Waals surface area contributed by atoms with Crippen LogP contribution in [-0.4, -0.2) is 46.5 Å². The predicted octanol–water partition coefficient (Wildman–Crippen LogP) is 4.30. The molecule has 0 radical (unpaired) electrons. The van der Waals surface area contributed by atoms with Crippen molar-refractivity contribution in [3.8, 4) is 11.3 Å². The van der Waals surface area contributed by atoms with Crippen LogP contribution in [0.3, 0.4) is 0 Å². The molecule has 2 saturated heterocycles. The van der Waals surface area contributed by atoms with Crippen LogP contribution in [0.4, 0.5) is 0 Å². The van der Waals surface area contributed by atoms with Gasteiger partial charge in [0.15, 0.2) is 0 Å². The number of piperidine rings is 1. The molecule has 0 spiro atoms. The molecule has 2 aromatic carbocycles. The van der Waals surface area contributed by atoms with Crippen LogP contribution in [0.2, 0.25) is 0 Å². The first-order valence-electron chi connectivity index (χ1n) is 10.7. The highest BCUT2D eigenvalue weighted by Gasteiger charge is 2.46. The van der Waals surface area contributed by atoms with E-state index in [0.29, 0.717) is 29.0 Å². The van der Waals surface area contributed by atoms with Gasteiger partial charge in [-0.3, -0.25) is 9.69 Å². The maximum atomic E-state index is 13.4. The fourth-order valence-corrected chi connectivity index (χ4v) is 4.94. The van der Waals surface area contributed by atoms with Crippen molar-refractivity contribution in [1.82, 2.24) is 15.0 Å². The Morgan fingerprint density at radius 3 is 2.70 bits per heavy atom. The lowest BCUT2D eigenvalue weighted by Gasteiger charge is -2.53. The molecular formula is C25H27N3O2. The fourth-order valence-electron chi connectivity index (χ4n) is 4.94. The lowest BCUT2D eigenvalue weighted by atomic mass is 9.81. The second-order valence-corrected chi connectivity index (χ2v) is 8.63. The summed E-state index contributed by atoms with van der Waals surface area (Å²) in [5.41, 5.74) is 4.86. The summed E-state index contributed by atoms with van der Waals surface area (Å²) in [5, 5.41) is 4.19. The van der Waals surface area contributed by atoms with Crippen LogP contribution in [0.25, 0.3) is 11.3 Å². The lowest BCUT2D eigenvalue weighted by Crippen LogP contribution is -2.64. The molecule has 5 rings (SSSR count). The van der Waals surface area contributed by atoms with E-state index < -0.39 is 0 Å². The number of aryl methyl sites for hydroxylation is 2. The molecule has 2 aliphatic rings. The quantitative estimate of drug-likeness (QED) is 0.654. The van der Waals surface area contributed by atoms with Crippen LogP contribution < -0.4 is 0 Å². The number of hydrogen-bond donors (Lipinski definition) is 0. The molecule has 0 bridgehead atoms. The number of carbonyl (C=O) groups excluding carboxylic acids is 1. The minimum atomic E-state index is 0.0565. The Morgan fingerprint density at radius 1 is 1.10 bits per heavy atom. The molecule has 2 atom stereocenters. The second-order valence-electron chi connectivity index (χ2n) is 8.63. The van der Waals surface area contributed by atoms with E-state index in [1.54, 1.807) is 0 Å². The zero-order valence-corrected chi connectivity index (χ0v) is 17.5. The van der Waals surface area contributed by atoms with Crippen molar-refractivity contribution in [2.75, 3.05) is 19.6 Å². The highest BCUT2D eigenvalue weighted by Crippen LogP contribution is 2.36. The normalized spacial score (nSPS) is 21.2. The molecule has 3 aromatic rings. The van der Waals surface area contributed by atoms with E-state index in [4.69, 9.17) is 4.52 Å². The molecule has 2 aliphatic heterocycles. The van der Waals surface area contributed by atoms with Gasteiger partial charge in [-0.1, -0.05) is 65.3 Å². The monoisotopic (exact) mass is 401 g/mol. The predicted molar refractivity (Wildman–Crippen MR) is 116 cm³/mol. The summed E-state index contributed by atoms with van der Waals surface area (Å²) < 4.78 is 5.41. The third kappa shape index (κ3) is 3.43. The Balaban J connectivity index is 1.27. The van der Waals surface area contributed by atoms with E-state index in [1.165, 1.54) is 11.1 Å². The standard InChI is InChI=1S/C25H27N3O2/c1-17-7-6-8-19(13-17)14-27-12-11-22-21(15-27)16-28(22)25(29)23-18(2)30-26-24(23)20-9-4-3-5-10-20/h3-10,13,21-22H,11-12,14-16H2,1-2H3/t21-,22-/m0/s1. The van der Waals surface area contributed by atoms with Crippen molar-refractivity contribution in [2.45, 2.75) is 32.9 Å². The lowest BCUT2D eigenvalue weighted by molar-refractivity contribution is -0.0294. The van der Waals surface area contributed by atoms with Gasteiger partial charge in [-0.05, 0) is 25.8 Å². The molecule has 0 unspecified atom stereocenters. The van der Waals surface area contributed by atoms with Gasteiger partial charge >= 0.3 is 0 Å². The summed E-state index contributed by atoms with van der Waals surface area (Å²) in [5.74, 6) is 1.20. The topological polar surface area (TPSA) is 49.6 Å². The number of benzene rings is 2. The van der Waals surface area contributed by atoms with Gasteiger partial charge in [0.05, 0.1) is 0 Å². The highest BCUT2D eigenvalue weighted by molar-refractivity contribution is 6.01. The number of likely N-dealkylation sites (tertiary alicyclic amines) is 2. The Bertz CT molecular complexity index is 1060. The third-order valence-corrected chi connectivity index (χ3v) is 6.48. The van der Waals surface area contributed by atoms with Crippen LogP contribution in [0.5, 0.6) is 0 Å². The largest absolute Gasteiger partial charge is 0.360 e. The molecule has 5 heteroatoms. The number of nitrogens with zero attached hydrogens (tertiary/aromatic N) is 3. The van der Waals surface area contributed by atoms with Crippen molar-refractivity contribution in [3.63, 3.8) is 0 Å². The first kappa shape index (κ1) is 19.1. The number of amides is 1. The summed E-state index contributed by atoms with van der Waals surface area (Å²) in [7, 11) is 0. The van der Waals surface area contributed by atoms with E-state index in [0.717, 1.165) is 38.2 Å². The Hall–Kier alpha value is -2.92. The Labute approximate surface area is 177 Å². The van der Waals surface area contributed by atoms with Crippen LogP contribution in [-0.2, 0) is 6.54 Å². The van der Waals surface area contributed by atoms with Gasteiger partial charge in [0, 0.05) is 43.7 Å². The Kier molecular flexibility index (Phi) is 4.91. The van der Waals surface area contributed by atoms with Gasteiger partial charge in [0.1, 0.15) is 17.0 Å². The van der Waals surface area contributed by atoms with Gasteiger partial charge < -0.3 is 9.42 Å². The van der Waals surface area contributed by atoms with Gasteiger partial charge in [-0.15, -0.1) is 0 Å². The molecule has 0 saturated carbocycles. The molecular weight excluding hydrogens is 374 g/mol. The number of fused-ring (bicyclic) bond motifs is 1. The number of aromatic nitrogens is 1. The smallest absolute Gasteiger partial charge is 0.260 e. The molecule has 154 valence electrons. The molecule has 30 heavy (non-hydrogen) atoms. The number of carbonyl (C=O) groups is 1. The van der Waals surface area contributed by atoms with Gasteiger partial charge in [-0.2, -0.15) is 0 Å². The van der Waals surface area contributed by atoms with Crippen LogP contribution in [0, 0.1) is 19.8 Å². The minimum absolute atomic E-state index is 0.0565. The first-order valence-corrected chi connectivity index (χ1v) is 10.7. The summed E-state index contributed by atoms with van der Waals surface area (Å²) in [6.07, 6.45) is 1.02. The fraction of sp³-hybridized carbons (Fsp3) is 0.360. The van der Waals surface area contributed by atoms with Crippen molar-refractivity contribution >= 4 is 5.91 Å². The molecule has 0 N–H and O–H groups in total. The maximum Gasteiger partial charge on any atom is 0.260 e. The first-order chi connectivity index (χ1) is 14.6. The van der Waals surface area contributed by atoms with E-state index >= 15 is 0 Å². The number of rotatable bonds is 4. The van der Waals surface area contributed by atoms with E-state index in [9.17, 15) is 4.79 Å². The second kappa shape index (κ2) is 7.73. The average molecular weight is 402 g/mol. The van der Waals surface area contributed by atoms with Crippen molar-refractivity contribution in [2.24, 2.45) is 5.92 Å². The van der Waals surface area contributed by atoms with E-state index in [1.807, 2.05) is 42.2 Å². The molecule has 3 heterocycles. The molecule has 0 aliphatic carbocycles. The zero-order chi connectivity index (χ0) is 20.7. The summed E-state index contributed by atoms with van der Waals surface area (Å²) >= 11 is 0. The molecule has 1 aromatic heterocycles. The van der Waals surface area contributed by atoms with Crippen molar-refractivity contribution in [3.05, 3.63) is 77.0 Å². The van der Waals surface area contributed by atoms with Gasteiger partial charge in [-0.25, -0.2) is 0 Å². The molecule has 1 amide bonds. The van der Waals surface area contributed by atoms with Crippen LogP contribution in [0.15, 0.2) is 59.1 Å². The van der Waals surface area contributed by atoms with E-state index in [2.05, 4.69) is 41.2 Å². The summed E-state index contributed by atoms with van der Waals surface area (Å²) in [4.78, 5) is 17.9. The van der Waals surface area contributed by atoms with Crippen molar-refractivity contribution in [1.29, 1.82) is 0 Å². The average Bonchev–Trinajstić information content (AvgIpc) is 3.12. The minimum Gasteiger partial charge on any atom is -0.360 e. The summed E-state index contributed by atoms with van der Waals surface area (Å²) in [6.45, 7) is 7.84.